The zero-order valence-electron chi connectivity index (χ0n) is 17.7. The fraction of sp³-hybridized carbons (Fsp3) is 0.200. The summed E-state index contributed by atoms with van der Waals surface area (Å²) in [5, 5.41) is 17.8. The van der Waals surface area contributed by atoms with Crippen LogP contribution in [0.2, 0.25) is 0 Å². The number of anilines is 1. The second-order valence-corrected chi connectivity index (χ2v) is 7.77. The number of para-hydroxylation sites is 2. The molecule has 4 aromatic rings. The molecule has 1 aliphatic rings. The van der Waals surface area contributed by atoms with E-state index in [2.05, 4.69) is 28.3 Å². The maximum atomic E-state index is 13.7. The lowest BCUT2D eigenvalue weighted by Gasteiger charge is -2.29. The number of likely N-dealkylation sites (N-methyl/N-ethyl adjacent to an activating group) is 1. The van der Waals surface area contributed by atoms with E-state index < -0.39 is 0 Å². The molecule has 0 aliphatic carbocycles. The van der Waals surface area contributed by atoms with E-state index in [9.17, 15) is 10.1 Å². The van der Waals surface area contributed by atoms with Crippen molar-refractivity contribution in [2.24, 2.45) is 0 Å². The molecule has 0 saturated heterocycles. The number of nitrogens with one attached hydrogen (secondary N) is 1. The van der Waals surface area contributed by atoms with Crippen molar-refractivity contribution in [3.8, 4) is 11.8 Å². The van der Waals surface area contributed by atoms with E-state index in [0.717, 1.165) is 47.4 Å². The molecule has 0 bridgehead atoms. The van der Waals surface area contributed by atoms with Crippen LogP contribution in [-0.4, -0.2) is 38.7 Å². The first-order valence-electron chi connectivity index (χ1n) is 10.7. The maximum Gasteiger partial charge on any atom is 0.257 e. The van der Waals surface area contributed by atoms with Gasteiger partial charge < -0.3 is 5.32 Å². The van der Waals surface area contributed by atoms with Crippen molar-refractivity contribution in [3.05, 3.63) is 83.2 Å². The van der Waals surface area contributed by atoms with Crippen LogP contribution < -0.4 is 5.32 Å². The highest BCUT2D eigenvalue weighted by Gasteiger charge is 2.26. The Balaban J connectivity index is 1.63. The van der Waals surface area contributed by atoms with Gasteiger partial charge in [0.25, 0.3) is 5.91 Å². The number of rotatable bonds is 4. The number of aromatic nitrogens is 3. The van der Waals surface area contributed by atoms with Gasteiger partial charge in [0.2, 0.25) is 0 Å². The third-order valence-corrected chi connectivity index (χ3v) is 5.92. The number of hydrogen-bond acceptors (Lipinski definition) is 5. The molecule has 2 aromatic heterocycles. The van der Waals surface area contributed by atoms with Crippen molar-refractivity contribution in [1.82, 2.24) is 19.7 Å². The van der Waals surface area contributed by atoms with Gasteiger partial charge in [0.15, 0.2) is 5.82 Å². The smallest absolute Gasteiger partial charge is 0.257 e. The van der Waals surface area contributed by atoms with Gasteiger partial charge in [-0.05, 0) is 24.7 Å². The first-order chi connectivity index (χ1) is 15.7. The number of carbonyl (C=O) groups excluding carboxylic acids is 1. The van der Waals surface area contributed by atoms with Crippen LogP contribution in [0, 0.1) is 11.3 Å². The average molecular weight is 422 g/mol. The maximum absolute atomic E-state index is 13.7. The summed E-state index contributed by atoms with van der Waals surface area (Å²) in [6.07, 6.45) is 2.28. The molecule has 2 aromatic carbocycles. The van der Waals surface area contributed by atoms with Crippen LogP contribution in [0.1, 0.15) is 34.1 Å². The van der Waals surface area contributed by atoms with E-state index in [4.69, 9.17) is 4.98 Å². The summed E-state index contributed by atoms with van der Waals surface area (Å²) in [6, 6.07) is 19.3. The number of pyridine rings is 1. The van der Waals surface area contributed by atoms with Crippen LogP contribution in [0.5, 0.6) is 0 Å². The molecule has 7 nitrogen and oxygen atoms in total. The first kappa shape index (κ1) is 19.9. The first-order valence-corrected chi connectivity index (χ1v) is 10.7. The van der Waals surface area contributed by atoms with Crippen LogP contribution >= 0.6 is 0 Å². The molecule has 1 N–H and O–H groups in total. The summed E-state index contributed by atoms with van der Waals surface area (Å²) in [5.74, 6) is 0.105. The lowest BCUT2D eigenvalue weighted by molar-refractivity contribution is 0.102. The summed E-state index contributed by atoms with van der Waals surface area (Å²) < 4.78 is 1.59. The van der Waals surface area contributed by atoms with Crippen molar-refractivity contribution in [2.75, 3.05) is 18.4 Å². The molecule has 0 fully saturated rings. The standard InChI is InChI=1S/C25H22N6O/c1-2-30-13-12-22-20(16-30)23(19-10-6-7-11-21(19)28-22)25(32)29-24-17(14-26)15-27-31(24)18-8-4-3-5-9-18/h3-11,15H,2,12-13,16H2,1H3,(H,29,32). The van der Waals surface area contributed by atoms with E-state index in [0.29, 0.717) is 23.5 Å². The van der Waals surface area contributed by atoms with E-state index >= 15 is 0 Å². The number of nitriles is 1. The van der Waals surface area contributed by atoms with Crippen LogP contribution in [0.15, 0.2) is 60.8 Å². The molecule has 158 valence electrons. The molecule has 32 heavy (non-hydrogen) atoms. The SMILES string of the molecule is CCN1CCc2nc3ccccc3c(C(=O)Nc3c(C#N)cnn3-c3ccccc3)c2C1. The number of nitrogens with zero attached hydrogens (tertiary/aromatic N) is 5. The topological polar surface area (TPSA) is 86.8 Å². The summed E-state index contributed by atoms with van der Waals surface area (Å²) >= 11 is 0. The number of hydrogen-bond donors (Lipinski definition) is 1. The third kappa shape index (κ3) is 3.41. The van der Waals surface area contributed by atoms with Crippen LogP contribution in [0.25, 0.3) is 16.6 Å². The minimum Gasteiger partial charge on any atom is -0.305 e. The number of amides is 1. The summed E-state index contributed by atoms with van der Waals surface area (Å²) in [5.41, 5.74) is 4.42. The van der Waals surface area contributed by atoms with Crippen LogP contribution in [0.4, 0.5) is 5.82 Å². The Morgan fingerprint density at radius 3 is 2.72 bits per heavy atom. The molecule has 3 heterocycles. The van der Waals surface area contributed by atoms with Gasteiger partial charge in [-0.25, -0.2) is 4.68 Å². The molecule has 0 atom stereocenters. The fourth-order valence-electron chi connectivity index (χ4n) is 4.26. The molecular weight excluding hydrogens is 400 g/mol. The van der Waals surface area contributed by atoms with E-state index in [1.54, 1.807) is 4.68 Å². The zero-order valence-corrected chi connectivity index (χ0v) is 17.7. The van der Waals surface area contributed by atoms with Crippen LogP contribution in [0.3, 0.4) is 0 Å². The summed E-state index contributed by atoms with van der Waals surface area (Å²) in [4.78, 5) is 20.9. The monoisotopic (exact) mass is 422 g/mol. The summed E-state index contributed by atoms with van der Waals surface area (Å²) in [7, 11) is 0. The molecular formula is C25H22N6O. The quantitative estimate of drug-likeness (QED) is 0.539. The normalized spacial score (nSPS) is 13.5. The zero-order chi connectivity index (χ0) is 22.1. The lowest BCUT2D eigenvalue weighted by atomic mass is 9.95. The molecule has 1 aliphatic heterocycles. The second-order valence-electron chi connectivity index (χ2n) is 7.77. The molecule has 1 amide bonds. The Labute approximate surface area is 185 Å². The van der Waals surface area contributed by atoms with Gasteiger partial charge >= 0.3 is 0 Å². The Morgan fingerprint density at radius 2 is 1.94 bits per heavy atom. The number of carbonyl (C=O) groups is 1. The van der Waals surface area contributed by atoms with Gasteiger partial charge in [-0.3, -0.25) is 14.7 Å². The highest BCUT2D eigenvalue weighted by Crippen LogP contribution is 2.29. The summed E-state index contributed by atoms with van der Waals surface area (Å²) in [6.45, 7) is 4.63. The van der Waals surface area contributed by atoms with Crippen molar-refractivity contribution < 1.29 is 4.79 Å². The van der Waals surface area contributed by atoms with E-state index in [-0.39, 0.29) is 5.91 Å². The van der Waals surface area contributed by atoms with Crippen molar-refractivity contribution in [1.29, 1.82) is 5.26 Å². The Kier molecular flexibility index (Phi) is 5.13. The number of fused-ring (bicyclic) bond motifs is 2. The van der Waals surface area contributed by atoms with Gasteiger partial charge in [0, 0.05) is 36.2 Å². The Hall–Kier alpha value is -4.02. The molecule has 0 spiro atoms. The van der Waals surface area contributed by atoms with Crippen molar-refractivity contribution in [2.45, 2.75) is 19.9 Å². The molecule has 0 unspecified atom stereocenters. The molecule has 0 saturated carbocycles. The highest BCUT2D eigenvalue weighted by molar-refractivity contribution is 6.13. The van der Waals surface area contributed by atoms with Gasteiger partial charge in [-0.15, -0.1) is 0 Å². The van der Waals surface area contributed by atoms with Gasteiger partial charge in [-0.2, -0.15) is 10.4 Å². The van der Waals surface area contributed by atoms with Crippen molar-refractivity contribution in [3.63, 3.8) is 0 Å². The fourth-order valence-corrected chi connectivity index (χ4v) is 4.26. The Bertz CT molecular complexity index is 1350. The molecule has 0 radical (unpaired) electrons. The van der Waals surface area contributed by atoms with Gasteiger partial charge in [-0.1, -0.05) is 43.3 Å². The third-order valence-electron chi connectivity index (χ3n) is 5.92. The van der Waals surface area contributed by atoms with E-state index in [1.807, 2.05) is 54.6 Å². The highest BCUT2D eigenvalue weighted by atomic mass is 16.1. The van der Waals surface area contributed by atoms with Crippen LogP contribution in [-0.2, 0) is 13.0 Å². The predicted octanol–water partition coefficient (Wildman–Crippen LogP) is 3.92. The van der Waals surface area contributed by atoms with Gasteiger partial charge in [0.05, 0.1) is 23.0 Å². The largest absolute Gasteiger partial charge is 0.305 e. The van der Waals surface area contributed by atoms with Gasteiger partial charge in [0.1, 0.15) is 11.6 Å². The second kappa shape index (κ2) is 8.25. The average Bonchev–Trinajstić information content (AvgIpc) is 3.25. The lowest BCUT2D eigenvalue weighted by Crippen LogP contribution is -2.33. The molecule has 7 heteroatoms. The number of benzene rings is 2. The minimum absolute atomic E-state index is 0.257. The molecule has 5 rings (SSSR count). The Morgan fingerprint density at radius 1 is 1.16 bits per heavy atom. The minimum atomic E-state index is -0.257. The predicted molar refractivity (Wildman–Crippen MR) is 123 cm³/mol. The van der Waals surface area contributed by atoms with Crippen molar-refractivity contribution >= 4 is 22.6 Å². The van der Waals surface area contributed by atoms with E-state index in [1.165, 1.54) is 6.20 Å².